The maximum atomic E-state index is 9.49. The molecule has 0 aliphatic heterocycles. The molecule has 0 fully saturated rings. The highest BCUT2D eigenvalue weighted by molar-refractivity contribution is 5.30. The van der Waals surface area contributed by atoms with Gasteiger partial charge in [-0.3, -0.25) is 0 Å². The highest BCUT2D eigenvalue weighted by Gasteiger charge is 2.07. The zero-order chi connectivity index (χ0) is 12.8. The molecule has 0 saturated carbocycles. The van der Waals surface area contributed by atoms with Gasteiger partial charge in [0.2, 0.25) is 0 Å². The lowest BCUT2D eigenvalue weighted by atomic mass is 10.0. The van der Waals surface area contributed by atoms with Gasteiger partial charge in [-0.25, -0.2) is 0 Å². The molecule has 0 amide bonds. The normalized spacial score (nSPS) is 14.6. The number of aryl methyl sites for hydroxylation is 2. The van der Waals surface area contributed by atoms with Gasteiger partial charge in [-0.05, 0) is 45.7 Å². The fourth-order valence-corrected chi connectivity index (χ4v) is 2.05. The zero-order valence-corrected chi connectivity index (χ0v) is 11.5. The Balaban J connectivity index is 2.49. The fourth-order valence-electron chi connectivity index (χ4n) is 2.05. The van der Waals surface area contributed by atoms with Crippen LogP contribution in [0.2, 0.25) is 0 Å². The number of benzene rings is 1. The molecule has 0 bridgehead atoms. The maximum Gasteiger partial charge on any atom is 0.0549 e. The Hall–Kier alpha value is -0.860. The second-order valence-corrected chi connectivity index (χ2v) is 4.95. The van der Waals surface area contributed by atoms with Crippen LogP contribution in [-0.4, -0.2) is 17.8 Å². The van der Waals surface area contributed by atoms with E-state index in [0.717, 1.165) is 19.4 Å². The summed E-state index contributed by atoms with van der Waals surface area (Å²) in [4.78, 5) is 0. The Morgan fingerprint density at radius 1 is 1.18 bits per heavy atom. The van der Waals surface area contributed by atoms with Crippen molar-refractivity contribution in [2.75, 3.05) is 6.54 Å². The smallest absolute Gasteiger partial charge is 0.0549 e. The van der Waals surface area contributed by atoms with E-state index in [1.165, 1.54) is 16.7 Å². The molecule has 0 radical (unpaired) electrons. The number of rotatable bonds is 6. The molecule has 1 aromatic carbocycles. The molecule has 17 heavy (non-hydrogen) atoms. The highest BCUT2D eigenvalue weighted by Crippen LogP contribution is 2.16. The summed E-state index contributed by atoms with van der Waals surface area (Å²) in [6, 6.07) is 6.98. The molecule has 0 saturated heterocycles. The van der Waals surface area contributed by atoms with Crippen molar-refractivity contribution < 1.29 is 5.11 Å². The molecular formula is C15H25NO. The predicted octanol–water partition coefficient (Wildman–Crippen LogP) is 3.12. The van der Waals surface area contributed by atoms with Crippen LogP contribution in [0.4, 0.5) is 0 Å². The van der Waals surface area contributed by atoms with Crippen LogP contribution in [0, 0.1) is 13.8 Å². The van der Waals surface area contributed by atoms with Gasteiger partial charge in [0, 0.05) is 6.04 Å². The summed E-state index contributed by atoms with van der Waals surface area (Å²) < 4.78 is 0. The average molecular weight is 235 g/mol. The first kappa shape index (κ1) is 14.2. The third-order valence-electron chi connectivity index (χ3n) is 3.14. The summed E-state index contributed by atoms with van der Waals surface area (Å²) in [6.45, 7) is 9.31. The lowest BCUT2D eigenvalue weighted by Crippen LogP contribution is -2.23. The first-order chi connectivity index (χ1) is 8.02. The second-order valence-electron chi connectivity index (χ2n) is 4.95. The quantitative estimate of drug-likeness (QED) is 0.794. The standard InChI is InChI=1S/C15H25NO/c1-5-15(17)6-7-16-13(4)14-9-11(2)8-12(3)10-14/h8-10,13,15-17H,5-7H2,1-4H3. The van der Waals surface area contributed by atoms with Gasteiger partial charge < -0.3 is 10.4 Å². The number of nitrogens with one attached hydrogen (secondary N) is 1. The van der Waals surface area contributed by atoms with Crippen molar-refractivity contribution in [3.8, 4) is 0 Å². The molecule has 0 aliphatic rings. The minimum atomic E-state index is -0.172. The molecular weight excluding hydrogens is 210 g/mol. The minimum Gasteiger partial charge on any atom is -0.393 e. The van der Waals surface area contributed by atoms with E-state index in [4.69, 9.17) is 0 Å². The van der Waals surface area contributed by atoms with Crippen molar-refractivity contribution in [1.82, 2.24) is 5.32 Å². The SMILES string of the molecule is CCC(O)CCNC(C)c1cc(C)cc(C)c1. The molecule has 2 atom stereocenters. The Kier molecular flexibility index (Phi) is 5.66. The molecule has 0 heterocycles. The van der Waals surface area contributed by atoms with Crippen LogP contribution in [0.5, 0.6) is 0 Å². The second kappa shape index (κ2) is 6.77. The zero-order valence-electron chi connectivity index (χ0n) is 11.5. The van der Waals surface area contributed by atoms with Crippen LogP contribution < -0.4 is 5.32 Å². The molecule has 2 nitrogen and oxygen atoms in total. The molecule has 2 N–H and O–H groups in total. The summed E-state index contributed by atoms with van der Waals surface area (Å²) in [6.07, 6.45) is 1.49. The molecule has 96 valence electrons. The van der Waals surface area contributed by atoms with Crippen LogP contribution in [0.15, 0.2) is 18.2 Å². The Morgan fingerprint density at radius 2 is 1.76 bits per heavy atom. The van der Waals surface area contributed by atoms with Gasteiger partial charge in [-0.15, -0.1) is 0 Å². The van der Waals surface area contributed by atoms with E-state index >= 15 is 0 Å². The largest absolute Gasteiger partial charge is 0.393 e. The topological polar surface area (TPSA) is 32.3 Å². The van der Waals surface area contributed by atoms with Crippen molar-refractivity contribution >= 4 is 0 Å². The number of aliphatic hydroxyl groups excluding tert-OH is 1. The van der Waals surface area contributed by atoms with Gasteiger partial charge >= 0.3 is 0 Å². The Labute approximate surface area is 105 Å². The van der Waals surface area contributed by atoms with E-state index in [9.17, 15) is 5.11 Å². The highest BCUT2D eigenvalue weighted by atomic mass is 16.3. The summed E-state index contributed by atoms with van der Waals surface area (Å²) in [5.41, 5.74) is 3.94. The summed E-state index contributed by atoms with van der Waals surface area (Å²) in [5.74, 6) is 0. The van der Waals surface area contributed by atoms with Gasteiger partial charge in [0.15, 0.2) is 0 Å². The van der Waals surface area contributed by atoms with Gasteiger partial charge in [0.1, 0.15) is 0 Å². The average Bonchev–Trinajstić information content (AvgIpc) is 2.27. The molecule has 1 rings (SSSR count). The third kappa shape index (κ3) is 4.88. The molecule has 0 aliphatic carbocycles. The maximum absolute atomic E-state index is 9.49. The van der Waals surface area contributed by atoms with Gasteiger partial charge in [-0.2, -0.15) is 0 Å². The van der Waals surface area contributed by atoms with E-state index in [1.807, 2.05) is 6.92 Å². The molecule has 2 unspecified atom stereocenters. The van der Waals surface area contributed by atoms with Crippen LogP contribution in [0.3, 0.4) is 0 Å². The van der Waals surface area contributed by atoms with Gasteiger partial charge in [0.05, 0.1) is 6.10 Å². The Morgan fingerprint density at radius 3 is 2.29 bits per heavy atom. The van der Waals surface area contributed by atoms with Crippen molar-refractivity contribution in [3.05, 3.63) is 34.9 Å². The fraction of sp³-hybridized carbons (Fsp3) is 0.600. The van der Waals surface area contributed by atoms with Crippen LogP contribution in [0.25, 0.3) is 0 Å². The lowest BCUT2D eigenvalue weighted by molar-refractivity contribution is 0.159. The number of hydrogen-bond donors (Lipinski definition) is 2. The first-order valence-electron chi connectivity index (χ1n) is 6.52. The monoisotopic (exact) mass is 235 g/mol. The summed E-state index contributed by atoms with van der Waals surface area (Å²) >= 11 is 0. The van der Waals surface area contributed by atoms with E-state index in [-0.39, 0.29) is 6.10 Å². The molecule has 0 spiro atoms. The van der Waals surface area contributed by atoms with Crippen molar-refractivity contribution in [2.24, 2.45) is 0 Å². The summed E-state index contributed by atoms with van der Waals surface area (Å²) in [5, 5.41) is 12.9. The Bertz CT molecular complexity index is 329. The first-order valence-corrected chi connectivity index (χ1v) is 6.52. The minimum absolute atomic E-state index is 0.172. The third-order valence-corrected chi connectivity index (χ3v) is 3.14. The van der Waals surface area contributed by atoms with E-state index in [2.05, 4.69) is 44.3 Å². The molecule has 0 aromatic heterocycles. The van der Waals surface area contributed by atoms with Gasteiger partial charge in [-0.1, -0.05) is 36.2 Å². The van der Waals surface area contributed by atoms with Gasteiger partial charge in [0.25, 0.3) is 0 Å². The summed E-state index contributed by atoms with van der Waals surface area (Å²) in [7, 11) is 0. The molecule has 2 heteroatoms. The molecule has 1 aromatic rings. The number of aliphatic hydroxyl groups is 1. The predicted molar refractivity (Wildman–Crippen MR) is 73.2 cm³/mol. The van der Waals surface area contributed by atoms with E-state index < -0.39 is 0 Å². The lowest BCUT2D eigenvalue weighted by Gasteiger charge is -2.17. The van der Waals surface area contributed by atoms with E-state index in [1.54, 1.807) is 0 Å². The number of hydrogen-bond acceptors (Lipinski definition) is 2. The van der Waals surface area contributed by atoms with Crippen molar-refractivity contribution in [2.45, 2.75) is 52.7 Å². The van der Waals surface area contributed by atoms with Crippen molar-refractivity contribution in [3.63, 3.8) is 0 Å². The van der Waals surface area contributed by atoms with E-state index in [0.29, 0.717) is 6.04 Å². The van der Waals surface area contributed by atoms with Crippen LogP contribution in [-0.2, 0) is 0 Å². The van der Waals surface area contributed by atoms with Crippen LogP contribution in [0.1, 0.15) is 49.4 Å². The van der Waals surface area contributed by atoms with Crippen molar-refractivity contribution in [1.29, 1.82) is 0 Å². The van der Waals surface area contributed by atoms with Crippen LogP contribution >= 0.6 is 0 Å².